The minimum atomic E-state index is -4.42. The topological polar surface area (TPSA) is 48.4 Å². The van der Waals surface area contributed by atoms with Gasteiger partial charge in [-0.15, -0.1) is 11.3 Å². The summed E-state index contributed by atoms with van der Waals surface area (Å²) in [7, 11) is 0. The second-order valence-corrected chi connectivity index (χ2v) is 8.88. The number of piperidine rings is 1. The highest BCUT2D eigenvalue weighted by Crippen LogP contribution is 2.38. The molecule has 0 unspecified atom stereocenters. The quantitative estimate of drug-likeness (QED) is 0.456. The van der Waals surface area contributed by atoms with Gasteiger partial charge in [0.1, 0.15) is 0 Å². The minimum absolute atomic E-state index is 0.0820. The van der Waals surface area contributed by atoms with Crippen molar-refractivity contribution >= 4 is 22.2 Å². The van der Waals surface area contributed by atoms with Gasteiger partial charge in [-0.2, -0.15) is 13.2 Å². The van der Waals surface area contributed by atoms with E-state index < -0.39 is 11.7 Å². The summed E-state index contributed by atoms with van der Waals surface area (Å²) in [4.78, 5) is 6.73. The van der Waals surface area contributed by atoms with E-state index in [-0.39, 0.29) is 18.2 Å². The fourth-order valence-corrected chi connectivity index (χ4v) is 4.85. The Hall–Kier alpha value is -2.42. The largest absolute Gasteiger partial charge is 0.417 e. The zero-order valence-corrected chi connectivity index (χ0v) is 18.4. The third-order valence-corrected chi connectivity index (χ3v) is 6.62. The number of hydrogen-bond donors (Lipinski definition) is 2. The van der Waals surface area contributed by atoms with Gasteiger partial charge in [-0.25, -0.2) is 4.98 Å². The number of hydrogen-bond acceptors (Lipinski definition) is 5. The summed E-state index contributed by atoms with van der Waals surface area (Å²) >= 11 is 1.27. The van der Waals surface area contributed by atoms with Crippen molar-refractivity contribution in [3.05, 3.63) is 65.0 Å². The molecule has 1 aromatic heterocycles. The molecule has 0 aliphatic carbocycles. The van der Waals surface area contributed by atoms with Gasteiger partial charge < -0.3 is 10.4 Å². The molecule has 1 saturated heterocycles. The second kappa shape index (κ2) is 10.0. The molecule has 1 atom stereocenters. The van der Waals surface area contributed by atoms with Crippen molar-refractivity contribution in [3.8, 4) is 11.3 Å². The van der Waals surface area contributed by atoms with Crippen LogP contribution in [0.1, 0.15) is 30.4 Å². The Morgan fingerprint density at radius 3 is 2.62 bits per heavy atom. The molecule has 170 valence electrons. The van der Waals surface area contributed by atoms with Crippen LogP contribution < -0.4 is 5.32 Å². The summed E-state index contributed by atoms with van der Waals surface area (Å²) in [6.07, 6.45) is -0.0883. The van der Waals surface area contributed by atoms with Crippen LogP contribution in [0.2, 0.25) is 0 Å². The van der Waals surface area contributed by atoms with E-state index in [0.717, 1.165) is 37.7 Å². The maximum absolute atomic E-state index is 13.3. The summed E-state index contributed by atoms with van der Waals surface area (Å²) in [6, 6.07) is 13.8. The molecule has 1 aliphatic rings. The summed E-state index contributed by atoms with van der Waals surface area (Å²) in [5.74, 6) is 0. The Morgan fingerprint density at radius 1 is 1.09 bits per heavy atom. The molecule has 32 heavy (non-hydrogen) atoms. The Morgan fingerprint density at radius 2 is 1.88 bits per heavy atom. The maximum atomic E-state index is 13.3. The number of nitrogens with zero attached hydrogens (tertiary/aromatic N) is 2. The van der Waals surface area contributed by atoms with Crippen LogP contribution in [-0.4, -0.2) is 40.7 Å². The maximum Gasteiger partial charge on any atom is 0.417 e. The van der Waals surface area contributed by atoms with E-state index in [1.807, 2.05) is 24.3 Å². The summed E-state index contributed by atoms with van der Waals surface area (Å²) in [5, 5.41) is 14.9. The zero-order chi connectivity index (χ0) is 22.6. The average Bonchev–Trinajstić information content (AvgIpc) is 3.26. The number of rotatable bonds is 7. The number of alkyl halides is 3. The smallest absolute Gasteiger partial charge is 0.395 e. The van der Waals surface area contributed by atoms with Crippen LogP contribution in [0.5, 0.6) is 0 Å². The molecule has 3 aromatic rings. The van der Waals surface area contributed by atoms with E-state index in [1.165, 1.54) is 41.9 Å². The number of aliphatic hydroxyl groups excluding tert-OH is 1. The van der Waals surface area contributed by atoms with Crippen LogP contribution in [0.15, 0.2) is 53.9 Å². The highest BCUT2D eigenvalue weighted by Gasteiger charge is 2.33. The van der Waals surface area contributed by atoms with Crippen LogP contribution in [0.4, 0.5) is 24.0 Å². The molecule has 2 aromatic carbocycles. The molecule has 0 amide bonds. The lowest BCUT2D eigenvalue weighted by molar-refractivity contribution is -0.137. The fraction of sp³-hybridized carbons (Fsp3) is 0.375. The summed E-state index contributed by atoms with van der Waals surface area (Å²) in [6.45, 7) is 2.17. The predicted molar refractivity (Wildman–Crippen MR) is 122 cm³/mol. The Bertz CT molecular complexity index is 1020. The first-order chi connectivity index (χ1) is 15.4. The molecule has 2 N–H and O–H groups in total. The normalized spacial score (nSPS) is 17.4. The molecule has 4 nitrogen and oxygen atoms in total. The summed E-state index contributed by atoms with van der Waals surface area (Å²) < 4.78 is 39.9. The van der Waals surface area contributed by atoms with Crippen molar-refractivity contribution in [2.45, 2.75) is 37.9 Å². The number of aliphatic hydroxyl groups is 1. The number of halogens is 3. The molecule has 4 rings (SSSR count). The van der Waals surface area contributed by atoms with Gasteiger partial charge in [0.25, 0.3) is 0 Å². The van der Waals surface area contributed by atoms with Gasteiger partial charge in [-0.3, -0.25) is 4.90 Å². The highest BCUT2D eigenvalue weighted by atomic mass is 32.1. The first kappa shape index (κ1) is 22.8. The monoisotopic (exact) mass is 461 g/mol. The fourth-order valence-electron chi connectivity index (χ4n) is 4.12. The molecule has 0 bridgehead atoms. The average molecular weight is 462 g/mol. The molecule has 1 fully saturated rings. The van der Waals surface area contributed by atoms with Crippen molar-refractivity contribution in [1.82, 2.24) is 9.88 Å². The van der Waals surface area contributed by atoms with Gasteiger partial charge in [0.05, 0.1) is 17.9 Å². The molecule has 2 heterocycles. The van der Waals surface area contributed by atoms with Gasteiger partial charge in [-0.1, -0.05) is 36.8 Å². The lowest BCUT2D eigenvalue weighted by Gasteiger charge is -2.34. The Balaban J connectivity index is 1.38. The number of anilines is 2. The number of likely N-dealkylation sites (tertiary alicyclic amines) is 1. The van der Waals surface area contributed by atoms with Crippen LogP contribution in [0, 0.1) is 0 Å². The van der Waals surface area contributed by atoms with Crippen LogP contribution in [0.25, 0.3) is 11.3 Å². The van der Waals surface area contributed by atoms with Gasteiger partial charge in [-0.05, 0) is 49.6 Å². The molecule has 0 radical (unpaired) electrons. The summed E-state index contributed by atoms with van der Waals surface area (Å²) in [5.41, 5.74) is 1.75. The van der Waals surface area contributed by atoms with E-state index >= 15 is 0 Å². The van der Waals surface area contributed by atoms with Crippen molar-refractivity contribution in [2.24, 2.45) is 0 Å². The lowest BCUT2D eigenvalue weighted by atomic mass is 10.0. The molecule has 8 heteroatoms. The molecule has 0 saturated carbocycles. The van der Waals surface area contributed by atoms with E-state index in [2.05, 4.69) is 15.2 Å². The molecule has 0 spiro atoms. The van der Waals surface area contributed by atoms with Crippen molar-refractivity contribution in [2.75, 3.05) is 25.0 Å². The Kier molecular flexibility index (Phi) is 7.13. The van der Waals surface area contributed by atoms with E-state index in [0.29, 0.717) is 10.8 Å². The van der Waals surface area contributed by atoms with Crippen LogP contribution in [-0.2, 0) is 12.6 Å². The van der Waals surface area contributed by atoms with Gasteiger partial charge in [0, 0.05) is 29.2 Å². The first-order valence-corrected chi connectivity index (χ1v) is 11.6. The standard InChI is InChI=1S/C24H26F3N3OS/c25-24(26,27)21-7-2-1-6-20(21)22-16-32-23(29-22)28-18-10-8-17(9-11-18)12-14-30-13-4-3-5-19(30)15-31/h1-2,6-11,16,19,31H,3-5,12-15H2,(H,28,29)/t19-/m1/s1. The van der Waals surface area contributed by atoms with Gasteiger partial charge >= 0.3 is 6.18 Å². The van der Waals surface area contributed by atoms with Crippen molar-refractivity contribution in [1.29, 1.82) is 0 Å². The second-order valence-electron chi connectivity index (χ2n) is 8.02. The van der Waals surface area contributed by atoms with E-state index in [9.17, 15) is 18.3 Å². The van der Waals surface area contributed by atoms with E-state index in [1.54, 1.807) is 11.4 Å². The molecular formula is C24H26F3N3OS. The highest BCUT2D eigenvalue weighted by molar-refractivity contribution is 7.14. The third kappa shape index (κ3) is 5.49. The molecular weight excluding hydrogens is 435 g/mol. The van der Waals surface area contributed by atoms with Crippen LogP contribution >= 0.6 is 11.3 Å². The number of benzene rings is 2. The lowest BCUT2D eigenvalue weighted by Crippen LogP contribution is -2.42. The van der Waals surface area contributed by atoms with Crippen molar-refractivity contribution < 1.29 is 18.3 Å². The number of thiazole rings is 1. The zero-order valence-electron chi connectivity index (χ0n) is 17.6. The SMILES string of the molecule is OC[C@H]1CCCCN1CCc1ccc(Nc2nc(-c3ccccc3C(F)(F)F)cs2)cc1. The van der Waals surface area contributed by atoms with E-state index in [4.69, 9.17) is 0 Å². The molecule has 1 aliphatic heterocycles. The Labute approximate surface area is 189 Å². The number of aromatic nitrogens is 1. The predicted octanol–water partition coefficient (Wildman–Crippen LogP) is 5.96. The first-order valence-electron chi connectivity index (χ1n) is 10.8. The van der Waals surface area contributed by atoms with Crippen LogP contribution in [0.3, 0.4) is 0 Å². The van der Waals surface area contributed by atoms with Gasteiger partial charge in [0.2, 0.25) is 0 Å². The minimum Gasteiger partial charge on any atom is -0.395 e. The van der Waals surface area contributed by atoms with Crippen molar-refractivity contribution in [3.63, 3.8) is 0 Å². The van der Waals surface area contributed by atoms with Gasteiger partial charge in [0.15, 0.2) is 5.13 Å². The third-order valence-electron chi connectivity index (χ3n) is 5.87. The number of nitrogens with one attached hydrogen (secondary N) is 1.